The molecule has 8 nitrogen and oxygen atoms in total. The minimum Gasteiger partial charge on any atom is -0.507 e. The van der Waals surface area contributed by atoms with Gasteiger partial charge in [-0.15, -0.1) is 0 Å². The highest BCUT2D eigenvalue weighted by Crippen LogP contribution is 2.21. The molecule has 0 fully saturated rings. The standard InChI is InChI=1S/C13H10N4O4/c18-12-5-4-10(17(20)21)7-9(12)8-15-16-13(19)11-3-1-2-6-14-11/h1-8,18H,(H,16,19)/b15-8-. The van der Waals surface area contributed by atoms with Crippen LogP contribution < -0.4 is 5.43 Å². The summed E-state index contributed by atoms with van der Waals surface area (Å²) in [5, 5.41) is 23.8. The Kier molecular flexibility index (Phi) is 4.20. The van der Waals surface area contributed by atoms with E-state index in [9.17, 15) is 20.0 Å². The van der Waals surface area contributed by atoms with Crippen LogP contribution in [0.4, 0.5) is 5.69 Å². The van der Waals surface area contributed by atoms with Crippen molar-refractivity contribution in [3.8, 4) is 5.75 Å². The molecule has 0 saturated heterocycles. The highest BCUT2D eigenvalue weighted by molar-refractivity contribution is 5.93. The number of aromatic nitrogens is 1. The van der Waals surface area contributed by atoms with Crippen LogP contribution in [0.5, 0.6) is 5.75 Å². The third-order valence-corrected chi connectivity index (χ3v) is 2.49. The number of hydrogen-bond acceptors (Lipinski definition) is 6. The molecule has 0 aliphatic rings. The molecule has 0 unspecified atom stereocenters. The SMILES string of the molecule is O=C(N/N=C\c1cc([N+](=O)[O-])ccc1O)c1ccccn1. The van der Waals surface area contributed by atoms with Crippen LogP contribution in [0.2, 0.25) is 0 Å². The van der Waals surface area contributed by atoms with Gasteiger partial charge in [-0.1, -0.05) is 6.07 Å². The summed E-state index contributed by atoms with van der Waals surface area (Å²) in [4.78, 5) is 25.5. The summed E-state index contributed by atoms with van der Waals surface area (Å²) in [5.41, 5.74) is 2.32. The first-order valence-electron chi connectivity index (χ1n) is 5.80. The molecule has 0 saturated carbocycles. The van der Waals surface area contributed by atoms with E-state index in [2.05, 4.69) is 15.5 Å². The van der Waals surface area contributed by atoms with E-state index in [4.69, 9.17) is 0 Å². The van der Waals surface area contributed by atoms with Crippen molar-refractivity contribution < 1.29 is 14.8 Å². The second-order valence-corrected chi connectivity index (χ2v) is 3.91. The van der Waals surface area contributed by atoms with Gasteiger partial charge >= 0.3 is 0 Å². The number of nitrogens with one attached hydrogen (secondary N) is 1. The van der Waals surface area contributed by atoms with Gasteiger partial charge in [0.2, 0.25) is 0 Å². The molecule has 2 N–H and O–H groups in total. The third kappa shape index (κ3) is 3.60. The monoisotopic (exact) mass is 286 g/mol. The van der Waals surface area contributed by atoms with E-state index in [1.165, 1.54) is 24.4 Å². The summed E-state index contributed by atoms with van der Waals surface area (Å²) in [7, 11) is 0. The minimum atomic E-state index is -0.594. The Labute approximate surface area is 118 Å². The zero-order valence-corrected chi connectivity index (χ0v) is 10.6. The van der Waals surface area contributed by atoms with E-state index in [-0.39, 0.29) is 22.7 Å². The molecule has 0 radical (unpaired) electrons. The molecule has 106 valence electrons. The largest absolute Gasteiger partial charge is 0.507 e. The van der Waals surface area contributed by atoms with Crippen LogP contribution in [-0.4, -0.2) is 27.1 Å². The zero-order valence-electron chi connectivity index (χ0n) is 10.6. The molecule has 1 aromatic heterocycles. The molecule has 1 amide bonds. The normalized spacial score (nSPS) is 10.5. The molecular weight excluding hydrogens is 276 g/mol. The number of non-ortho nitro benzene ring substituents is 1. The molecule has 0 aliphatic heterocycles. The zero-order chi connectivity index (χ0) is 15.2. The maximum absolute atomic E-state index is 11.6. The Balaban J connectivity index is 2.10. The number of hydrazone groups is 1. The lowest BCUT2D eigenvalue weighted by Gasteiger charge is -2.00. The van der Waals surface area contributed by atoms with E-state index in [1.807, 2.05) is 0 Å². The predicted molar refractivity (Wildman–Crippen MR) is 74.1 cm³/mol. The van der Waals surface area contributed by atoms with Crippen molar-refractivity contribution in [2.75, 3.05) is 0 Å². The van der Waals surface area contributed by atoms with Crippen LogP contribution in [0, 0.1) is 10.1 Å². The number of nitro groups is 1. The average Bonchev–Trinajstić information content (AvgIpc) is 2.49. The molecule has 1 heterocycles. The number of benzene rings is 1. The number of rotatable bonds is 4. The van der Waals surface area contributed by atoms with Gasteiger partial charge in [0, 0.05) is 23.9 Å². The first kappa shape index (κ1) is 14.1. The minimum absolute atomic E-state index is 0.116. The van der Waals surface area contributed by atoms with E-state index in [0.29, 0.717) is 0 Å². The third-order valence-electron chi connectivity index (χ3n) is 2.49. The quantitative estimate of drug-likeness (QED) is 0.501. The van der Waals surface area contributed by atoms with E-state index in [0.717, 1.165) is 12.3 Å². The highest BCUT2D eigenvalue weighted by Gasteiger charge is 2.09. The molecule has 21 heavy (non-hydrogen) atoms. The van der Waals surface area contributed by atoms with Gasteiger partial charge in [-0.25, -0.2) is 5.43 Å². The molecule has 1 aromatic carbocycles. The molecular formula is C13H10N4O4. The fourth-order valence-corrected chi connectivity index (χ4v) is 1.47. The molecule has 0 aliphatic carbocycles. The number of carbonyl (C=O) groups excluding carboxylic acids is 1. The molecule has 2 rings (SSSR count). The highest BCUT2D eigenvalue weighted by atomic mass is 16.6. The molecule has 2 aromatic rings. The van der Waals surface area contributed by atoms with Crippen molar-refractivity contribution in [2.24, 2.45) is 5.10 Å². The fraction of sp³-hybridized carbons (Fsp3) is 0. The van der Waals surface area contributed by atoms with E-state index >= 15 is 0 Å². The maximum atomic E-state index is 11.6. The molecule has 0 spiro atoms. The number of nitrogens with zero attached hydrogens (tertiary/aromatic N) is 3. The number of aromatic hydroxyl groups is 1. The molecule has 0 bridgehead atoms. The fourth-order valence-electron chi connectivity index (χ4n) is 1.47. The summed E-state index contributed by atoms with van der Waals surface area (Å²) in [5.74, 6) is -0.715. The van der Waals surface area contributed by atoms with Crippen molar-refractivity contribution in [2.45, 2.75) is 0 Å². The number of amides is 1. The van der Waals surface area contributed by atoms with Crippen molar-refractivity contribution in [1.82, 2.24) is 10.4 Å². The van der Waals surface area contributed by atoms with Gasteiger partial charge in [-0.05, 0) is 18.2 Å². The summed E-state index contributed by atoms with van der Waals surface area (Å²) in [6.45, 7) is 0. The average molecular weight is 286 g/mol. The van der Waals surface area contributed by atoms with E-state index < -0.39 is 10.8 Å². The number of hydrogen-bond donors (Lipinski definition) is 2. The van der Waals surface area contributed by atoms with Crippen LogP contribution in [0.3, 0.4) is 0 Å². The lowest BCUT2D eigenvalue weighted by molar-refractivity contribution is -0.384. The van der Waals surface area contributed by atoms with Gasteiger partial charge in [0.1, 0.15) is 11.4 Å². The van der Waals surface area contributed by atoms with Gasteiger partial charge in [0.15, 0.2) is 0 Å². The Morgan fingerprint density at radius 2 is 2.19 bits per heavy atom. The smallest absolute Gasteiger partial charge is 0.289 e. The van der Waals surface area contributed by atoms with Gasteiger partial charge in [0.25, 0.3) is 11.6 Å². The predicted octanol–water partition coefficient (Wildman–Crippen LogP) is 1.46. The number of carbonyl (C=O) groups is 1. The summed E-state index contributed by atoms with van der Waals surface area (Å²) >= 11 is 0. The molecule has 8 heteroatoms. The molecule has 0 atom stereocenters. The van der Waals surface area contributed by atoms with Crippen molar-refractivity contribution in [3.63, 3.8) is 0 Å². The van der Waals surface area contributed by atoms with Crippen LogP contribution in [0.25, 0.3) is 0 Å². The maximum Gasteiger partial charge on any atom is 0.289 e. The van der Waals surface area contributed by atoms with Gasteiger partial charge in [0.05, 0.1) is 11.1 Å². The second-order valence-electron chi connectivity index (χ2n) is 3.91. The van der Waals surface area contributed by atoms with Crippen molar-refractivity contribution >= 4 is 17.8 Å². The van der Waals surface area contributed by atoms with Gasteiger partial charge in [-0.2, -0.15) is 5.10 Å². The first-order valence-corrected chi connectivity index (χ1v) is 5.80. The number of nitro benzene ring substituents is 1. The lowest BCUT2D eigenvalue weighted by atomic mass is 10.2. The van der Waals surface area contributed by atoms with E-state index in [1.54, 1.807) is 12.1 Å². The van der Waals surface area contributed by atoms with Crippen LogP contribution in [-0.2, 0) is 0 Å². The number of phenolic OH excluding ortho intramolecular Hbond substituents is 1. The van der Waals surface area contributed by atoms with Crippen molar-refractivity contribution in [3.05, 3.63) is 64.0 Å². The number of pyridine rings is 1. The van der Waals surface area contributed by atoms with Crippen LogP contribution in [0.1, 0.15) is 16.1 Å². The van der Waals surface area contributed by atoms with Crippen LogP contribution in [0.15, 0.2) is 47.7 Å². The Bertz CT molecular complexity index is 701. The van der Waals surface area contributed by atoms with Gasteiger partial charge < -0.3 is 5.11 Å². The first-order chi connectivity index (χ1) is 10.1. The topological polar surface area (TPSA) is 118 Å². The summed E-state index contributed by atoms with van der Waals surface area (Å²) in [6, 6.07) is 8.32. The van der Waals surface area contributed by atoms with Crippen molar-refractivity contribution in [1.29, 1.82) is 0 Å². The summed E-state index contributed by atoms with van der Waals surface area (Å²) in [6.07, 6.45) is 2.58. The lowest BCUT2D eigenvalue weighted by Crippen LogP contribution is -2.18. The number of phenols is 1. The van der Waals surface area contributed by atoms with Gasteiger partial charge in [-0.3, -0.25) is 19.9 Å². The Morgan fingerprint density at radius 1 is 1.38 bits per heavy atom. The summed E-state index contributed by atoms with van der Waals surface area (Å²) < 4.78 is 0. The Hall–Kier alpha value is -3.29. The Morgan fingerprint density at radius 3 is 2.86 bits per heavy atom. The second kappa shape index (κ2) is 6.24. The van der Waals surface area contributed by atoms with Crippen LogP contribution >= 0.6 is 0 Å².